The van der Waals surface area contributed by atoms with Crippen molar-refractivity contribution in [3.05, 3.63) is 0 Å². The first-order chi connectivity index (χ1) is 22.8. The molecule has 47 heavy (non-hydrogen) atoms. The number of unbranched alkanes of at least 4 members (excludes halogenated alkanes) is 13. The van der Waals surface area contributed by atoms with Gasteiger partial charge in [-0.05, 0) is 51.9 Å². The van der Waals surface area contributed by atoms with Gasteiger partial charge in [0.2, 0.25) is 0 Å². The second-order valence-corrected chi connectivity index (χ2v) is 12.4. The third-order valence-electron chi connectivity index (χ3n) is 7.83. The summed E-state index contributed by atoms with van der Waals surface area (Å²) >= 11 is 0. The summed E-state index contributed by atoms with van der Waals surface area (Å²) in [6.07, 6.45) is 17.1. The first kappa shape index (κ1) is 46.6. The molecule has 0 saturated carbocycles. The molecule has 284 valence electrons. The maximum absolute atomic E-state index is 11.5. The highest BCUT2D eigenvalue weighted by Gasteiger charge is 2.47. The molecule has 0 amide bonds. The van der Waals surface area contributed by atoms with Crippen molar-refractivity contribution in [2.24, 2.45) is 0 Å². The summed E-state index contributed by atoms with van der Waals surface area (Å²) in [6, 6.07) is 0. The minimum Gasteiger partial charge on any atom is -0.343 e. The van der Waals surface area contributed by atoms with Crippen LogP contribution in [0.5, 0.6) is 0 Å². The van der Waals surface area contributed by atoms with Crippen LogP contribution in [0.1, 0.15) is 176 Å². The Labute approximate surface area is 289 Å². The second-order valence-electron chi connectivity index (χ2n) is 12.4. The van der Waals surface area contributed by atoms with E-state index in [0.717, 1.165) is 109 Å². The van der Waals surface area contributed by atoms with Crippen molar-refractivity contribution in [3.8, 4) is 0 Å². The zero-order valence-electron chi connectivity index (χ0n) is 31.7. The largest absolute Gasteiger partial charge is 0.443 e. The molecule has 0 bridgehead atoms. The van der Waals surface area contributed by atoms with Gasteiger partial charge in [0, 0.05) is 26.6 Å². The average molecular weight is 681 g/mol. The lowest BCUT2D eigenvalue weighted by molar-refractivity contribution is -0.629. The van der Waals surface area contributed by atoms with Gasteiger partial charge < -0.3 is 33.5 Å². The molecule has 0 spiro atoms. The lowest BCUT2D eigenvalue weighted by atomic mass is 10.1. The molecule has 0 aliphatic carbocycles. The fraction of sp³-hybridized carbons (Fsp3) is 1.00. The Bertz CT molecular complexity index is 641. The zero-order valence-corrected chi connectivity index (χ0v) is 31.7. The van der Waals surface area contributed by atoms with Crippen molar-refractivity contribution in [1.29, 1.82) is 0 Å². The van der Waals surface area contributed by atoms with E-state index in [2.05, 4.69) is 34.6 Å². The molecule has 10 heteroatoms. The van der Waals surface area contributed by atoms with Crippen LogP contribution >= 0.6 is 0 Å². The number of hydrogen-bond acceptors (Lipinski definition) is 10. The second kappa shape index (κ2) is 31.6. The zero-order chi connectivity index (χ0) is 35.0. The number of hydrogen-bond donors (Lipinski definition) is 1. The normalized spacial score (nSPS) is 15.8. The fourth-order valence-electron chi connectivity index (χ4n) is 4.94. The van der Waals surface area contributed by atoms with Gasteiger partial charge >= 0.3 is 6.16 Å². The van der Waals surface area contributed by atoms with Gasteiger partial charge in [0.15, 0.2) is 0 Å². The third-order valence-corrected chi connectivity index (χ3v) is 7.83. The predicted octanol–water partition coefficient (Wildman–Crippen LogP) is 9.90. The molecule has 3 atom stereocenters. The monoisotopic (exact) mass is 681 g/mol. The molecule has 0 heterocycles. The summed E-state index contributed by atoms with van der Waals surface area (Å²) in [5.41, 5.74) is 0. The highest BCUT2D eigenvalue weighted by molar-refractivity contribution is 4.62. The molecule has 0 rings (SSSR count). The highest BCUT2D eigenvalue weighted by Crippen LogP contribution is 2.31. The summed E-state index contributed by atoms with van der Waals surface area (Å²) in [7, 11) is 1.41. The number of rotatable bonds is 38. The van der Waals surface area contributed by atoms with E-state index in [1.165, 1.54) is 13.5 Å². The molecule has 10 nitrogen and oxygen atoms in total. The summed E-state index contributed by atoms with van der Waals surface area (Å²) in [5, 5.41) is 11.5. The molecular formula is C37H76O10. The van der Waals surface area contributed by atoms with Gasteiger partial charge in [0.25, 0.3) is 11.9 Å². The van der Waals surface area contributed by atoms with E-state index >= 15 is 0 Å². The SMILES string of the molecule is CCCCCCCOC(OCCCCCC)(OOCCCCC)OC(O)(CCCCCCC(OCC)(OCCC)OCCCC)OC. The van der Waals surface area contributed by atoms with Crippen LogP contribution in [0.25, 0.3) is 0 Å². The quantitative estimate of drug-likeness (QED) is 0.0293. The average Bonchev–Trinajstić information content (AvgIpc) is 3.07. The van der Waals surface area contributed by atoms with Crippen LogP contribution in [0.4, 0.5) is 0 Å². The van der Waals surface area contributed by atoms with Crippen LogP contribution in [0.15, 0.2) is 0 Å². The molecule has 0 aromatic rings. The van der Waals surface area contributed by atoms with Crippen LogP contribution in [0.3, 0.4) is 0 Å². The van der Waals surface area contributed by atoms with Gasteiger partial charge in [-0.25, -0.2) is 9.62 Å². The van der Waals surface area contributed by atoms with Crippen LogP contribution < -0.4 is 0 Å². The fourth-order valence-corrected chi connectivity index (χ4v) is 4.94. The maximum atomic E-state index is 11.5. The predicted molar refractivity (Wildman–Crippen MR) is 186 cm³/mol. The Morgan fingerprint density at radius 3 is 1.51 bits per heavy atom. The minimum atomic E-state index is -2.04. The lowest BCUT2D eigenvalue weighted by Crippen LogP contribution is -2.51. The standard InChI is InChI=1S/C37H76O10/c1-8-14-18-22-27-33-44-37(43-32-26-19-15-9-2,47-45-34-25-16-10-3)46-35(38,39-7)28-23-20-21-24-29-36(40-13-6,41-30-12-5)42-31-17-11-4/h38H,8-34H2,1-7H3. The third kappa shape index (κ3) is 24.4. The van der Waals surface area contributed by atoms with Crippen molar-refractivity contribution in [2.45, 2.75) is 194 Å². The topological polar surface area (TPSA) is 103 Å². The van der Waals surface area contributed by atoms with E-state index in [-0.39, 0.29) is 6.42 Å². The lowest BCUT2D eigenvalue weighted by Gasteiger charge is -2.37. The Hall–Kier alpha value is -0.400. The number of aliphatic hydroxyl groups is 1. The first-order valence-electron chi connectivity index (χ1n) is 19.3. The molecule has 0 aliphatic heterocycles. The Morgan fingerprint density at radius 2 is 0.936 bits per heavy atom. The molecular weight excluding hydrogens is 604 g/mol. The molecule has 3 unspecified atom stereocenters. The van der Waals surface area contributed by atoms with Crippen LogP contribution in [-0.4, -0.2) is 70.0 Å². The first-order valence-corrected chi connectivity index (χ1v) is 19.3. The Balaban J connectivity index is 5.42. The molecule has 0 saturated heterocycles. The molecule has 0 radical (unpaired) electrons. The van der Waals surface area contributed by atoms with Gasteiger partial charge in [-0.2, -0.15) is 0 Å². The van der Waals surface area contributed by atoms with Crippen LogP contribution in [-0.2, 0) is 42.9 Å². The van der Waals surface area contributed by atoms with Crippen molar-refractivity contribution < 1.29 is 48.0 Å². The Morgan fingerprint density at radius 1 is 0.447 bits per heavy atom. The van der Waals surface area contributed by atoms with Gasteiger partial charge in [-0.1, -0.05) is 112 Å². The van der Waals surface area contributed by atoms with Gasteiger partial charge in [-0.3, -0.25) is 0 Å². The number of methoxy groups -OCH3 is 1. The van der Waals surface area contributed by atoms with Crippen LogP contribution in [0.2, 0.25) is 0 Å². The smallest absolute Gasteiger partial charge is 0.343 e. The van der Waals surface area contributed by atoms with Crippen molar-refractivity contribution >= 4 is 0 Å². The van der Waals surface area contributed by atoms with Gasteiger partial charge in [-0.15, -0.1) is 4.89 Å². The molecule has 0 aliphatic rings. The minimum absolute atomic E-state index is 0.194. The Kier molecular flexibility index (Phi) is 31.3. The summed E-state index contributed by atoms with van der Waals surface area (Å²) < 4.78 is 42.1. The van der Waals surface area contributed by atoms with Crippen molar-refractivity contribution in [2.75, 3.05) is 46.8 Å². The van der Waals surface area contributed by atoms with Gasteiger partial charge in [0.1, 0.15) is 0 Å². The molecule has 0 aromatic heterocycles. The summed E-state index contributed by atoms with van der Waals surface area (Å²) in [6.45, 7) is 15.4. The van der Waals surface area contributed by atoms with E-state index in [1.54, 1.807) is 0 Å². The van der Waals surface area contributed by atoms with Gasteiger partial charge in [0.05, 0.1) is 33.0 Å². The van der Waals surface area contributed by atoms with E-state index < -0.39 is 18.1 Å². The van der Waals surface area contributed by atoms with Crippen LogP contribution in [0, 0.1) is 0 Å². The molecule has 1 N–H and O–H groups in total. The van der Waals surface area contributed by atoms with E-state index in [0.29, 0.717) is 52.5 Å². The maximum Gasteiger partial charge on any atom is 0.443 e. The molecule has 0 fully saturated rings. The summed E-state index contributed by atoms with van der Waals surface area (Å²) in [4.78, 5) is 11.3. The summed E-state index contributed by atoms with van der Waals surface area (Å²) in [5.74, 6) is -3.01. The van der Waals surface area contributed by atoms with E-state index in [4.69, 9.17) is 42.9 Å². The highest BCUT2D eigenvalue weighted by atomic mass is 17.3. The number of ether oxygens (including phenoxy) is 7. The van der Waals surface area contributed by atoms with E-state index in [1.807, 2.05) is 6.92 Å². The van der Waals surface area contributed by atoms with Crippen molar-refractivity contribution in [1.82, 2.24) is 0 Å². The van der Waals surface area contributed by atoms with Crippen molar-refractivity contribution in [3.63, 3.8) is 0 Å². The van der Waals surface area contributed by atoms with E-state index in [9.17, 15) is 5.11 Å². The molecule has 0 aromatic carbocycles.